The van der Waals surface area contributed by atoms with Crippen LogP contribution in [0.3, 0.4) is 0 Å². The summed E-state index contributed by atoms with van der Waals surface area (Å²) in [6.45, 7) is 4.38. The lowest BCUT2D eigenvalue weighted by Gasteiger charge is -2.36. The molecule has 1 aromatic rings. The number of hydrogen-bond acceptors (Lipinski definition) is 2. The lowest BCUT2D eigenvalue weighted by Crippen LogP contribution is -2.38. The highest BCUT2D eigenvalue weighted by atomic mass is 16.5. The highest BCUT2D eigenvalue weighted by Crippen LogP contribution is 2.40. The second-order valence-electron chi connectivity index (χ2n) is 6.41. The highest BCUT2D eigenvalue weighted by Gasteiger charge is 2.39. The number of methoxy groups -OCH3 is 1. The third-order valence-electron chi connectivity index (χ3n) is 4.77. The fourth-order valence-corrected chi connectivity index (χ4v) is 3.28. The molecule has 2 rings (SSSR count). The van der Waals surface area contributed by atoms with Gasteiger partial charge in [0.05, 0.1) is 5.60 Å². The standard InChI is InChI=1S/C18H28O2/c1-14(2)15-8-10-16(11-9-15)17(19)18(20-3)12-6-4-5-7-13-18/h8-11,14,17,19H,4-7,12-13H2,1-3H3. The first-order chi connectivity index (χ1) is 9.59. The molecule has 1 unspecified atom stereocenters. The van der Waals surface area contributed by atoms with Gasteiger partial charge in [-0.25, -0.2) is 0 Å². The molecule has 0 aromatic heterocycles. The van der Waals surface area contributed by atoms with E-state index in [0.717, 1.165) is 31.2 Å². The molecule has 2 nitrogen and oxygen atoms in total. The van der Waals surface area contributed by atoms with Crippen LogP contribution in [0.15, 0.2) is 24.3 Å². The van der Waals surface area contributed by atoms with Gasteiger partial charge in [-0.2, -0.15) is 0 Å². The Hall–Kier alpha value is -0.860. The van der Waals surface area contributed by atoms with E-state index >= 15 is 0 Å². The van der Waals surface area contributed by atoms with Crippen LogP contribution >= 0.6 is 0 Å². The normalized spacial score (nSPS) is 20.6. The van der Waals surface area contributed by atoms with Crippen LogP contribution in [0.5, 0.6) is 0 Å². The molecule has 1 fully saturated rings. The molecule has 0 spiro atoms. The Morgan fingerprint density at radius 1 is 0.950 bits per heavy atom. The van der Waals surface area contributed by atoms with E-state index < -0.39 is 11.7 Å². The maximum absolute atomic E-state index is 10.8. The second kappa shape index (κ2) is 6.73. The zero-order valence-electron chi connectivity index (χ0n) is 13.1. The smallest absolute Gasteiger partial charge is 0.108 e. The quantitative estimate of drug-likeness (QED) is 0.815. The molecule has 20 heavy (non-hydrogen) atoms. The Morgan fingerprint density at radius 3 is 1.90 bits per heavy atom. The Kier molecular flexibility index (Phi) is 5.22. The van der Waals surface area contributed by atoms with Gasteiger partial charge in [0, 0.05) is 7.11 Å². The minimum absolute atomic E-state index is 0.393. The average molecular weight is 276 g/mol. The van der Waals surface area contributed by atoms with Crippen molar-refractivity contribution in [1.82, 2.24) is 0 Å². The van der Waals surface area contributed by atoms with Crippen LogP contribution in [0, 0.1) is 0 Å². The molecule has 1 atom stereocenters. The third kappa shape index (κ3) is 3.24. The van der Waals surface area contributed by atoms with Crippen molar-refractivity contribution in [2.45, 2.75) is 70.0 Å². The zero-order valence-corrected chi connectivity index (χ0v) is 13.1. The van der Waals surface area contributed by atoms with Gasteiger partial charge in [-0.05, 0) is 29.9 Å². The molecule has 1 N–H and O–H groups in total. The summed E-state index contributed by atoms with van der Waals surface area (Å²) in [5, 5.41) is 10.8. The molecule has 0 aliphatic heterocycles. The minimum atomic E-state index is -0.521. The molecule has 0 amide bonds. The number of hydrogen-bond donors (Lipinski definition) is 1. The molecule has 1 saturated carbocycles. The predicted octanol–water partition coefficient (Wildman–Crippen LogP) is 4.58. The van der Waals surface area contributed by atoms with E-state index in [0.29, 0.717) is 5.92 Å². The van der Waals surface area contributed by atoms with Crippen molar-refractivity contribution >= 4 is 0 Å². The van der Waals surface area contributed by atoms with Crippen molar-refractivity contribution in [2.24, 2.45) is 0 Å². The van der Waals surface area contributed by atoms with Gasteiger partial charge in [0.2, 0.25) is 0 Å². The molecule has 1 aliphatic carbocycles. The molecule has 0 radical (unpaired) electrons. The first kappa shape index (κ1) is 15.5. The van der Waals surface area contributed by atoms with Crippen molar-refractivity contribution < 1.29 is 9.84 Å². The maximum atomic E-state index is 10.8. The van der Waals surface area contributed by atoms with E-state index in [1.54, 1.807) is 7.11 Å². The Balaban J connectivity index is 2.20. The zero-order chi connectivity index (χ0) is 14.6. The largest absolute Gasteiger partial charge is 0.385 e. The number of ether oxygens (including phenoxy) is 1. The number of rotatable bonds is 4. The van der Waals surface area contributed by atoms with Crippen molar-refractivity contribution in [1.29, 1.82) is 0 Å². The van der Waals surface area contributed by atoms with Crippen molar-refractivity contribution in [2.75, 3.05) is 7.11 Å². The second-order valence-corrected chi connectivity index (χ2v) is 6.41. The topological polar surface area (TPSA) is 29.5 Å². The van der Waals surface area contributed by atoms with Gasteiger partial charge < -0.3 is 9.84 Å². The molecule has 0 saturated heterocycles. The molecule has 0 bridgehead atoms. The summed E-state index contributed by atoms with van der Waals surface area (Å²) in [4.78, 5) is 0. The maximum Gasteiger partial charge on any atom is 0.108 e. The summed E-state index contributed by atoms with van der Waals surface area (Å²) < 4.78 is 5.80. The lowest BCUT2D eigenvalue weighted by molar-refractivity contribution is -0.114. The number of benzene rings is 1. The number of aliphatic hydroxyl groups is 1. The molecular weight excluding hydrogens is 248 g/mol. The van der Waals surface area contributed by atoms with E-state index in [1.807, 2.05) is 0 Å². The Labute approximate surface area is 123 Å². The van der Waals surface area contributed by atoms with Crippen LogP contribution in [-0.4, -0.2) is 17.8 Å². The van der Waals surface area contributed by atoms with Crippen LogP contribution in [0.25, 0.3) is 0 Å². The van der Waals surface area contributed by atoms with Crippen LogP contribution in [0.2, 0.25) is 0 Å². The summed E-state index contributed by atoms with van der Waals surface area (Å²) in [6, 6.07) is 8.38. The minimum Gasteiger partial charge on any atom is -0.385 e. The summed E-state index contributed by atoms with van der Waals surface area (Å²) in [7, 11) is 1.75. The summed E-state index contributed by atoms with van der Waals surface area (Å²) in [6.07, 6.45) is 6.19. The van der Waals surface area contributed by atoms with Gasteiger partial charge >= 0.3 is 0 Å². The van der Waals surface area contributed by atoms with Gasteiger partial charge in [0.1, 0.15) is 6.10 Å². The molecule has 1 aromatic carbocycles. The van der Waals surface area contributed by atoms with Crippen molar-refractivity contribution in [3.8, 4) is 0 Å². The first-order valence-corrected chi connectivity index (χ1v) is 7.92. The SMILES string of the molecule is COC1(C(O)c2ccc(C(C)C)cc2)CCCCCC1. The Morgan fingerprint density at radius 2 is 1.45 bits per heavy atom. The fraction of sp³-hybridized carbons (Fsp3) is 0.667. The molecular formula is C18H28O2. The van der Waals surface area contributed by atoms with E-state index in [9.17, 15) is 5.11 Å². The third-order valence-corrected chi connectivity index (χ3v) is 4.77. The predicted molar refractivity (Wildman–Crippen MR) is 82.9 cm³/mol. The van der Waals surface area contributed by atoms with Gasteiger partial charge in [0.25, 0.3) is 0 Å². The molecule has 112 valence electrons. The molecule has 0 heterocycles. The van der Waals surface area contributed by atoms with Gasteiger partial charge in [0.15, 0.2) is 0 Å². The van der Waals surface area contributed by atoms with Crippen molar-refractivity contribution in [3.63, 3.8) is 0 Å². The summed E-state index contributed by atoms with van der Waals surface area (Å²) >= 11 is 0. The lowest BCUT2D eigenvalue weighted by atomic mass is 9.84. The van der Waals surface area contributed by atoms with Crippen LogP contribution in [-0.2, 0) is 4.74 Å². The number of aliphatic hydroxyl groups excluding tert-OH is 1. The summed E-state index contributed by atoms with van der Waals surface area (Å²) in [5.41, 5.74) is 1.90. The van der Waals surface area contributed by atoms with Gasteiger partial charge in [-0.15, -0.1) is 0 Å². The highest BCUT2D eigenvalue weighted by molar-refractivity contribution is 5.27. The van der Waals surface area contributed by atoms with E-state index in [1.165, 1.54) is 18.4 Å². The van der Waals surface area contributed by atoms with Crippen LogP contribution in [0.1, 0.15) is 75.5 Å². The molecule has 2 heteroatoms. The Bertz CT molecular complexity index is 400. The monoisotopic (exact) mass is 276 g/mol. The average Bonchev–Trinajstić information content (AvgIpc) is 2.73. The van der Waals surface area contributed by atoms with Gasteiger partial charge in [-0.1, -0.05) is 63.8 Å². The van der Waals surface area contributed by atoms with E-state index in [-0.39, 0.29) is 0 Å². The van der Waals surface area contributed by atoms with Crippen LogP contribution < -0.4 is 0 Å². The first-order valence-electron chi connectivity index (χ1n) is 7.92. The fourth-order valence-electron chi connectivity index (χ4n) is 3.28. The summed E-state index contributed by atoms with van der Waals surface area (Å²) in [5.74, 6) is 0.524. The van der Waals surface area contributed by atoms with Gasteiger partial charge in [-0.3, -0.25) is 0 Å². The van der Waals surface area contributed by atoms with Crippen LogP contribution in [0.4, 0.5) is 0 Å². The van der Waals surface area contributed by atoms with E-state index in [4.69, 9.17) is 4.74 Å². The molecule has 1 aliphatic rings. The van der Waals surface area contributed by atoms with Crippen molar-refractivity contribution in [3.05, 3.63) is 35.4 Å². The van der Waals surface area contributed by atoms with E-state index in [2.05, 4.69) is 38.1 Å².